The van der Waals surface area contributed by atoms with E-state index >= 15 is 0 Å². The lowest BCUT2D eigenvalue weighted by molar-refractivity contribution is 0.217. The van der Waals surface area contributed by atoms with Crippen LogP contribution in [0.1, 0.15) is 12.1 Å². The van der Waals surface area contributed by atoms with Crippen LogP contribution in [0.2, 0.25) is 0 Å². The van der Waals surface area contributed by atoms with E-state index in [1.807, 2.05) is 0 Å². The Labute approximate surface area is 82.3 Å². The molecule has 2 heterocycles. The van der Waals surface area contributed by atoms with E-state index in [0.717, 1.165) is 13.0 Å². The molecular formula is C10H13FN2O. The quantitative estimate of drug-likeness (QED) is 0.788. The van der Waals surface area contributed by atoms with Crippen molar-refractivity contribution in [3.05, 3.63) is 24.0 Å². The van der Waals surface area contributed by atoms with Gasteiger partial charge in [-0.05, 0) is 25.1 Å². The number of hydrogen-bond acceptors (Lipinski definition) is 3. The van der Waals surface area contributed by atoms with Gasteiger partial charge in [-0.3, -0.25) is 4.98 Å². The van der Waals surface area contributed by atoms with Gasteiger partial charge in [-0.15, -0.1) is 0 Å². The van der Waals surface area contributed by atoms with Gasteiger partial charge in [0.1, 0.15) is 19.0 Å². The molecule has 1 atom stereocenters. The van der Waals surface area contributed by atoms with Crippen LogP contribution in [0, 0.1) is 0 Å². The zero-order valence-corrected chi connectivity index (χ0v) is 7.87. The van der Waals surface area contributed by atoms with E-state index in [4.69, 9.17) is 4.74 Å². The van der Waals surface area contributed by atoms with Gasteiger partial charge in [-0.2, -0.15) is 0 Å². The minimum atomic E-state index is -0.523. The first-order valence-electron chi connectivity index (χ1n) is 4.75. The van der Waals surface area contributed by atoms with Gasteiger partial charge in [-0.1, -0.05) is 0 Å². The van der Waals surface area contributed by atoms with Crippen LogP contribution in [-0.4, -0.2) is 24.2 Å². The largest absolute Gasteiger partial charge is 0.490 e. The van der Waals surface area contributed by atoms with Crippen molar-refractivity contribution in [3.8, 4) is 5.75 Å². The van der Waals surface area contributed by atoms with Gasteiger partial charge in [0, 0.05) is 6.04 Å². The summed E-state index contributed by atoms with van der Waals surface area (Å²) in [4.78, 5) is 3.90. The molecule has 1 fully saturated rings. The van der Waals surface area contributed by atoms with Gasteiger partial charge in [0.2, 0.25) is 0 Å². The zero-order chi connectivity index (χ0) is 9.80. The third-order valence-electron chi connectivity index (χ3n) is 2.31. The van der Waals surface area contributed by atoms with Crippen LogP contribution in [0.5, 0.6) is 5.75 Å². The second-order valence-corrected chi connectivity index (χ2v) is 3.37. The highest BCUT2D eigenvalue weighted by Gasteiger charge is 2.16. The lowest BCUT2D eigenvalue weighted by atomic mass is 10.1. The summed E-state index contributed by atoms with van der Waals surface area (Å²) in [6, 6.07) is 3.86. The lowest BCUT2D eigenvalue weighted by Gasteiger charge is -2.27. The molecular weight excluding hydrogens is 183 g/mol. The summed E-state index contributed by atoms with van der Waals surface area (Å²) in [5, 5.41) is 3.23. The van der Waals surface area contributed by atoms with Gasteiger partial charge in [-0.25, -0.2) is 4.39 Å². The summed E-state index contributed by atoms with van der Waals surface area (Å²) in [7, 11) is 0. The van der Waals surface area contributed by atoms with Crippen LogP contribution in [0.4, 0.5) is 4.39 Å². The lowest BCUT2D eigenvalue weighted by Crippen LogP contribution is -2.46. The van der Waals surface area contributed by atoms with Gasteiger partial charge in [0.05, 0.1) is 11.9 Å². The first-order valence-corrected chi connectivity index (χ1v) is 4.75. The van der Waals surface area contributed by atoms with E-state index < -0.39 is 6.67 Å². The zero-order valence-electron chi connectivity index (χ0n) is 7.87. The van der Waals surface area contributed by atoms with Crippen LogP contribution in [0.15, 0.2) is 18.3 Å². The van der Waals surface area contributed by atoms with Crippen molar-refractivity contribution in [2.75, 3.05) is 13.2 Å². The third-order valence-corrected chi connectivity index (χ3v) is 2.31. The van der Waals surface area contributed by atoms with Gasteiger partial charge < -0.3 is 10.1 Å². The highest BCUT2D eigenvalue weighted by Crippen LogP contribution is 2.11. The number of pyridine rings is 1. The molecule has 1 aromatic rings. The van der Waals surface area contributed by atoms with Crippen molar-refractivity contribution < 1.29 is 9.13 Å². The minimum Gasteiger partial charge on any atom is -0.490 e. The van der Waals surface area contributed by atoms with Crippen molar-refractivity contribution in [2.24, 2.45) is 0 Å². The first-order chi connectivity index (χ1) is 6.88. The van der Waals surface area contributed by atoms with E-state index in [9.17, 15) is 4.39 Å². The fourth-order valence-corrected chi connectivity index (χ4v) is 1.26. The SMILES string of the molecule is FCc1ccc(OC[C@H]2CCN2)cn1. The number of nitrogens with one attached hydrogen (secondary N) is 1. The number of halogens is 1. The molecule has 76 valence electrons. The molecule has 0 spiro atoms. The number of alkyl halides is 1. The van der Waals surface area contributed by atoms with Gasteiger partial charge in [0.25, 0.3) is 0 Å². The molecule has 1 aromatic heterocycles. The predicted octanol–water partition coefficient (Wildman–Crippen LogP) is 1.29. The third kappa shape index (κ3) is 2.20. The molecule has 0 amide bonds. The first kappa shape index (κ1) is 9.40. The molecule has 0 radical (unpaired) electrons. The summed E-state index contributed by atoms with van der Waals surface area (Å²) in [6.07, 6.45) is 2.73. The summed E-state index contributed by atoms with van der Waals surface area (Å²) in [5.74, 6) is 0.705. The maximum atomic E-state index is 12.1. The highest BCUT2D eigenvalue weighted by atomic mass is 19.1. The van der Waals surface area contributed by atoms with E-state index in [0.29, 0.717) is 24.1 Å². The van der Waals surface area contributed by atoms with Crippen molar-refractivity contribution in [3.63, 3.8) is 0 Å². The van der Waals surface area contributed by atoms with Crippen LogP contribution >= 0.6 is 0 Å². The fraction of sp³-hybridized carbons (Fsp3) is 0.500. The normalized spacial score (nSPS) is 20.2. The fourth-order valence-electron chi connectivity index (χ4n) is 1.26. The maximum Gasteiger partial charge on any atom is 0.137 e. The highest BCUT2D eigenvalue weighted by molar-refractivity contribution is 5.19. The molecule has 2 rings (SSSR count). The van der Waals surface area contributed by atoms with Crippen LogP contribution in [0.25, 0.3) is 0 Å². The Morgan fingerprint density at radius 2 is 2.43 bits per heavy atom. The van der Waals surface area contributed by atoms with Crippen LogP contribution in [-0.2, 0) is 6.67 Å². The molecule has 0 aromatic carbocycles. The van der Waals surface area contributed by atoms with E-state index in [1.165, 1.54) is 0 Å². The Kier molecular flexibility index (Phi) is 2.93. The molecule has 0 bridgehead atoms. The molecule has 14 heavy (non-hydrogen) atoms. The summed E-state index contributed by atoms with van der Waals surface area (Å²) in [5.41, 5.74) is 0.444. The molecule has 1 aliphatic rings. The van der Waals surface area contributed by atoms with Crippen LogP contribution in [0.3, 0.4) is 0 Å². The second-order valence-electron chi connectivity index (χ2n) is 3.37. The topological polar surface area (TPSA) is 34.1 Å². The molecule has 4 heteroatoms. The molecule has 0 aliphatic carbocycles. The molecule has 3 nitrogen and oxygen atoms in total. The Bertz CT molecular complexity index is 285. The number of ether oxygens (including phenoxy) is 1. The van der Waals surface area contributed by atoms with Crippen molar-refractivity contribution in [1.29, 1.82) is 0 Å². The Morgan fingerprint density at radius 1 is 1.57 bits per heavy atom. The minimum absolute atomic E-state index is 0.444. The monoisotopic (exact) mass is 196 g/mol. The number of hydrogen-bond donors (Lipinski definition) is 1. The molecule has 1 aliphatic heterocycles. The van der Waals surface area contributed by atoms with Crippen molar-refractivity contribution >= 4 is 0 Å². The Morgan fingerprint density at radius 3 is 2.93 bits per heavy atom. The average Bonchev–Trinajstić information content (AvgIpc) is 2.16. The molecule has 1 saturated heterocycles. The smallest absolute Gasteiger partial charge is 0.137 e. The van der Waals surface area contributed by atoms with Crippen LogP contribution < -0.4 is 10.1 Å². The summed E-state index contributed by atoms with van der Waals surface area (Å²) >= 11 is 0. The summed E-state index contributed by atoms with van der Waals surface area (Å²) < 4.78 is 17.6. The molecule has 1 N–H and O–H groups in total. The second kappa shape index (κ2) is 4.37. The average molecular weight is 196 g/mol. The molecule has 0 saturated carbocycles. The Hall–Kier alpha value is -1.16. The summed E-state index contributed by atoms with van der Waals surface area (Å²) in [6.45, 7) is 1.22. The number of nitrogens with zero attached hydrogens (tertiary/aromatic N) is 1. The van der Waals surface area contributed by atoms with Crippen molar-refractivity contribution in [2.45, 2.75) is 19.1 Å². The molecule has 0 unspecified atom stereocenters. The maximum absolute atomic E-state index is 12.1. The van der Waals surface area contributed by atoms with Gasteiger partial charge in [0.15, 0.2) is 0 Å². The van der Waals surface area contributed by atoms with E-state index in [2.05, 4.69) is 10.3 Å². The Balaban J connectivity index is 1.83. The number of aromatic nitrogens is 1. The number of rotatable bonds is 4. The van der Waals surface area contributed by atoms with Gasteiger partial charge >= 0.3 is 0 Å². The van der Waals surface area contributed by atoms with Crippen molar-refractivity contribution in [1.82, 2.24) is 10.3 Å². The standard InChI is InChI=1S/C10H13FN2O/c11-5-8-1-2-10(6-13-8)14-7-9-3-4-12-9/h1-2,6,9,12H,3-5,7H2/t9-/m1/s1. The van der Waals surface area contributed by atoms with E-state index in [1.54, 1.807) is 18.3 Å². The van der Waals surface area contributed by atoms with E-state index in [-0.39, 0.29) is 0 Å². The predicted molar refractivity (Wildman–Crippen MR) is 51.0 cm³/mol.